The molecule has 2 rings (SSSR count). The third-order valence-corrected chi connectivity index (χ3v) is 3.42. The molecule has 0 spiro atoms. The Kier molecular flexibility index (Phi) is 3.69. The number of anilines is 1. The molecule has 1 N–H and O–H groups in total. The Morgan fingerprint density at radius 3 is 2.76 bits per heavy atom. The highest BCUT2D eigenvalue weighted by atomic mass is 35.5. The van der Waals surface area contributed by atoms with Crippen molar-refractivity contribution >= 4 is 23.2 Å². The first-order valence-electron chi connectivity index (χ1n) is 5.91. The maximum atomic E-state index is 12.2. The van der Waals surface area contributed by atoms with E-state index in [1.54, 1.807) is 4.90 Å². The van der Waals surface area contributed by atoms with Crippen LogP contribution in [0.15, 0.2) is 24.3 Å². The average Bonchev–Trinajstić information content (AvgIpc) is 2.41. The molecule has 0 saturated carbocycles. The fourth-order valence-corrected chi connectivity index (χ4v) is 2.40. The van der Waals surface area contributed by atoms with Crippen LogP contribution in [0.5, 0.6) is 0 Å². The summed E-state index contributed by atoms with van der Waals surface area (Å²) in [4.78, 5) is 14.0. The van der Waals surface area contributed by atoms with Crippen LogP contribution in [0.2, 0.25) is 5.02 Å². The van der Waals surface area contributed by atoms with Crippen LogP contribution in [-0.2, 0) is 4.79 Å². The van der Waals surface area contributed by atoms with Gasteiger partial charge < -0.3 is 10.2 Å². The van der Waals surface area contributed by atoms with Crippen LogP contribution in [0.3, 0.4) is 0 Å². The van der Waals surface area contributed by atoms with Gasteiger partial charge in [-0.3, -0.25) is 4.79 Å². The number of rotatable bonds is 1. The van der Waals surface area contributed by atoms with Crippen molar-refractivity contribution < 1.29 is 4.79 Å². The second-order valence-electron chi connectivity index (χ2n) is 4.52. The van der Waals surface area contributed by atoms with Crippen molar-refractivity contribution in [2.24, 2.45) is 0 Å². The number of benzene rings is 1. The van der Waals surface area contributed by atoms with Gasteiger partial charge in [-0.15, -0.1) is 0 Å². The van der Waals surface area contributed by atoms with Gasteiger partial charge >= 0.3 is 0 Å². The molecule has 0 bridgehead atoms. The van der Waals surface area contributed by atoms with E-state index in [2.05, 4.69) is 12.2 Å². The zero-order chi connectivity index (χ0) is 12.4. The number of amides is 1. The molecule has 0 aromatic heterocycles. The number of hydrogen-bond acceptors (Lipinski definition) is 2. The molecule has 4 heteroatoms. The summed E-state index contributed by atoms with van der Waals surface area (Å²) < 4.78 is 0. The lowest BCUT2D eigenvalue weighted by Crippen LogP contribution is -2.43. The minimum Gasteiger partial charge on any atom is -0.310 e. The Bertz CT molecular complexity index is 422. The first kappa shape index (κ1) is 12.4. The lowest BCUT2D eigenvalue weighted by Gasteiger charge is -2.23. The average molecular weight is 253 g/mol. The summed E-state index contributed by atoms with van der Waals surface area (Å²) in [6, 6.07) is 7.67. The van der Waals surface area contributed by atoms with Crippen LogP contribution in [0, 0.1) is 0 Å². The van der Waals surface area contributed by atoms with Crippen molar-refractivity contribution in [3.05, 3.63) is 29.3 Å². The predicted octanol–water partition coefficient (Wildman–Crippen LogP) is 2.44. The number of carbonyl (C=O) groups is 1. The van der Waals surface area contributed by atoms with Gasteiger partial charge in [-0.1, -0.05) is 23.7 Å². The normalized spacial score (nSPS) is 25.8. The second kappa shape index (κ2) is 5.07. The Labute approximate surface area is 107 Å². The van der Waals surface area contributed by atoms with E-state index >= 15 is 0 Å². The molecule has 1 aromatic carbocycles. The van der Waals surface area contributed by atoms with Crippen molar-refractivity contribution in [1.82, 2.24) is 5.32 Å². The smallest absolute Gasteiger partial charge is 0.243 e. The van der Waals surface area contributed by atoms with Gasteiger partial charge in [0.05, 0.1) is 16.8 Å². The quantitative estimate of drug-likeness (QED) is 0.833. The number of hydrogen-bond donors (Lipinski definition) is 1. The maximum Gasteiger partial charge on any atom is 0.243 e. The van der Waals surface area contributed by atoms with Crippen molar-refractivity contribution in [2.45, 2.75) is 32.4 Å². The Morgan fingerprint density at radius 2 is 2.06 bits per heavy atom. The highest BCUT2D eigenvalue weighted by molar-refractivity contribution is 6.33. The van der Waals surface area contributed by atoms with Crippen molar-refractivity contribution in [1.29, 1.82) is 0 Å². The molecule has 0 radical (unpaired) electrons. The third kappa shape index (κ3) is 2.61. The topological polar surface area (TPSA) is 32.3 Å². The molecule has 2 atom stereocenters. The highest BCUT2D eigenvalue weighted by Crippen LogP contribution is 2.27. The second-order valence-corrected chi connectivity index (χ2v) is 4.93. The van der Waals surface area contributed by atoms with Crippen LogP contribution < -0.4 is 10.2 Å². The fourth-order valence-electron chi connectivity index (χ4n) is 2.16. The zero-order valence-corrected chi connectivity index (χ0v) is 10.9. The number of nitrogens with zero attached hydrogens (tertiary/aromatic N) is 1. The summed E-state index contributed by atoms with van der Waals surface area (Å²) in [5.41, 5.74) is 0.807. The predicted molar refractivity (Wildman–Crippen MR) is 70.5 cm³/mol. The lowest BCUT2D eigenvalue weighted by molar-refractivity contribution is -0.119. The van der Waals surface area contributed by atoms with Gasteiger partial charge in [-0.05, 0) is 32.4 Å². The first-order chi connectivity index (χ1) is 8.09. The molecule has 1 saturated heterocycles. The monoisotopic (exact) mass is 252 g/mol. The number of nitrogens with one attached hydrogen (secondary N) is 1. The molecule has 0 aliphatic carbocycles. The molecule has 1 amide bonds. The summed E-state index contributed by atoms with van der Waals surface area (Å²) in [5, 5.41) is 3.90. The Morgan fingerprint density at radius 1 is 1.35 bits per heavy atom. The standard InChI is InChI=1S/C13H17ClN2O/c1-9-7-8-16(13(17)10(2)15-9)12-6-4-3-5-11(12)14/h3-6,9-10,15H,7-8H2,1-2H3. The molecule has 17 heavy (non-hydrogen) atoms. The summed E-state index contributed by atoms with van der Waals surface area (Å²) in [7, 11) is 0. The van der Waals surface area contributed by atoms with Gasteiger partial charge in [-0.2, -0.15) is 0 Å². The molecular weight excluding hydrogens is 236 g/mol. The largest absolute Gasteiger partial charge is 0.310 e. The van der Waals surface area contributed by atoms with Crippen LogP contribution in [0.4, 0.5) is 5.69 Å². The van der Waals surface area contributed by atoms with Crippen molar-refractivity contribution in [3.8, 4) is 0 Å². The van der Waals surface area contributed by atoms with Crippen LogP contribution in [-0.4, -0.2) is 24.5 Å². The summed E-state index contributed by atoms with van der Waals surface area (Å²) in [6.45, 7) is 4.70. The number of halogens is 1. The van der Waals surface area contributed by atoms with E-state index in [1.165, 1.54) is 0 Å². The van der Waals surface area contributed by atoms with Crippen LogP contribution >= 0.6 is 11.6 Å². The molecule has 1 heterocycles. The summed E-state index contributed by atoms with van der Waals surface area (Å²) >= 11 is 6.15. The summed E-state index contributed by atoms with van der Waals surface area (Å²) in [5.74, 6) is 0.0856. The molecular formula is C13H17ClN2O. The molecule has 3 nitrogen and oxygen atoms in total. The maximum absolute atomic E-state index is 12.2. The van der Waals surface area contributed by atoms with Gasteiger partial charge in [0.25, 0.3) is 0 Å². The highest BCUT2D eigenvalue weighted by Gasteiger charge is 2.27. The zero-order valence-electron chi connectivity index (χ0n) is 10.1. The van der Waals surface area contributed by atoms with Gasteiger partial charge in [0.1, 0.15) is 0 Å². The number of para-hydroxylation sites is 1. The first-order valence-corrected chi connectivity index (χ1v) is 6.29. The van der Waals surface area contributed by atoms with Gasteiger partial charge in [-0.25, -0.2) is 0 Å². The van der Waals surface area contributed by atoms with E-state index in [-0.39, 0.29) is 11.9 Å². The Balaban J connectivity index is 2.31. The van der Waals surface area contributed by atoms with Gasteiger partial charge in [0.2, 0.25) is 5.91 Å². The van der Waals surface area contributed by atoms with E-state index in [0.717, 1.165) is 12.1 Å². The molecule has 92 valence electrons. The minimum atomic E-state index is -0.163. The van der Waals surface area contributed by atoms with Crippen LogP contribution in [0.1, 0.15) is 20.3 Å². The van der Waals surface area contributed by atoms with Gasteiger partial charge in [0, 0.05) is 12.6 Å². The van der Waals surface area contributed by atoms with E-state index in [1.807, 2.05) is 31.2 Å². The van der Waals surface area contributed by atoms with E-state index < -0.39 is 0 Å². The lowest BCUT2D eigenvalue weighted by atomic mass is 10.2. The van der Waals surface area contributed by atoms with Gasteiger partial charge in [0.15, 0.2) is 0 Å². The van der Waals surface area contributed by atoms with Crippen LogP contribution in [0.25, 0.3) is 0 Å². The third-order valence-electron chi connectivity index (χ3n) is 3.10. The SMILES string of the molecule is CC1CCN(c2ccccc2Cl)C(=O)C(C)N1. The van der Waals surface area contributed by atoms with E-state index in [4.69, 9.17) is 11.6 Å². The number of carbonyl (C=O) groups excluding carboxylic acids is 1. The van der Waals surface area contributed by atoms with E-state index in [9.17, 15) is 4.79 Å². The Hall–Kier alpha value is -1.06. The van der Waals surface area contributed by atoms with Crippen molar-refractivity contribution in [3.63, 3.8) is 0 Å². The van der Waals surface area contributed by atoms with Crippen molar-refractivity contribution in [2.75, 3.05) is 11.4 Å². The fraction of sp³-hybridized carbons (Fsp3) is 0.462. The molecule has 2 unspecified atom stereocenters. The molecule has 1 aromatic rings. The molecule has 1 aliphatic rings. The molecule has 1 fully saturated rings. The minimum absolute atomic E-state index is 0.0856. The summed E-state index contributed by atoms with van der Waals surface area (Å²) in [6.07, 6.45) is 0.932. The molecule has 1 aliphatic heterocycles. The van der Waals surface area contributed by atoms with E-state index in [0.29, 0.717) is 17.6 Å².